The number of anilines is 2. The number of halogens is 1. The van der Waals surface area contributed by atoms with Crippen molar-refractivity contribution >= 4 is 27.3 Å². The summed E-state index contributed by atoms with van der Waals surface area (Å²) >= 11 is 0. The molecule has 0 saturated heterocycles. The molecule has 28 heavy (non-hydrogen) atoms. The van der Waals surface area contributed by atoms with Gasteiger partial charge in [0.05, 0.1) is 36.7 Å². The van der Waals surface area contributed by atoms with E-state index in [0.717, 1.165) is 29.3 Å². The van der Waals surface area contributed by atoms with E-state index in [1.54, 1.807) is 4.68 Å². The van der Waals surface area contributed by atoms with Gasteiger partial charge < -0.3 is 5.32 Å². The van der Waals surface area contributed by atoms with Gasteiger partial charge in [0.15, 0.2) is 0 Å². The predicted molar refractivity (Wildman–Crippen MR) is 104 cm³/mol. The molecule has 1 heterocycles. The Kier molecular flexibility index (Phi) is 6.75. The molecular weight excluding hydrogens is 385 g/mol. The fourth-order valence-corrected chi connectivity index (χ4v) is 3.37. The van der Waals surface area contributed by atoms with E-state index in [9.17, 15) is 17.6 Å². The first kappa shape index (κ1) is 21.4. The van der Waals surface area contributed by atoms with Gasteiger partial charge in [-0.3, -0.25) is 14.2 Å². The van der Waals surface area contributed by atoms with E-state index in [0.29, 0.717) is 19.4 Å². The molecule has 2 aromatic rings. The first-order chi connectivity index (χ1) is 13.1. The van der Waals surface area contributed by atoms with E-state index in [2.05, 4.69) is 21.2 Å². The number of hydrogen-bond acceptors (Lipinski definition) is 5. The van der Waals surface area contributed by atoms with Crippen LogP contribution in [0.2, 0.25) is 0 Å². The minimum Gasteiger partial charge on any atom is -0.326 e. The second-order valence-electron chi connectivity index (χ2n) is 6.40. The molecule has 0 aliphatic heterocycles. The van der Waals surface area contributed by atoms with Crippen LogP contribution in [0.15, 0.2) is 18.2 Å². The third kappa shape index (κ3) is 5.79. The zero-order valence-corrected chi connectivity index (χ0v) is 16.7. The lowest BCUT2D eigenvalue weighted by atomic mass is 10.1. The molecule has 150 valence electrons. The van der Waals surface area contributed by atoms with E-state index < -0.39 is 15.8 Å². The number of carbonyl (C=O) groups is 1. The van der Waals surface area contributed by atoms with Gasteiger partial charge in [-0.15, -0.1) is 0 Å². The lowest BCUT2D eigenvalue weighted by Crippen LogP contribution is -2.14. The molecule has 8 nitrogen and oxygen atoms in total. The van der Waals surface area contributed by atoms with Crippen molar-refractivity contribution in [2.24, 2.45) is 0 Å². The lowest BCUT2D eigenvalue weighted by Gasteiger charge is -2.10. The van der Waals surface area contributed by atoms with E-state index in [4.69, 9.17) is 5.26 Å². The van der Waals surface area contributed by atoms with Gasteiger partial charge in [-0.05, 0) is 44.0 Å². The smallest absolute Gasteiger partial charge is 0.229 e. The minimum absolute atomic E-state index is 0.178. The maximum atomic E-state index is 13.7. The van der Waals surface area contributed by atoms with E-state index in [1.807, 2.05) is 13.8 Å². The minimum atomic E-state index is -3.64. The Bertz CT molecular complexity index is 1020. The molecule has 0 saturated carbocycles. The molecular formula is C18H22FN5O3S. The van der Waals surface area contributed by atoms with Crippen molar-refractivity contribution in [3.8, 4) is 6.07 Å². The number of nitriles is 1. The largest absolute Gasteiger partial charge is 0.326 e. The normalized spacial score (nSPS) is 11.1. The van der Waals surface area contributed by atoms with Crippen molar-refractivity contribution < 1.29 is 17.6 Å². The number of rotatable bonds is 8. The molecule has 1 aromatic carbocycles. The molecule has 1 aromatic heterocycles. The Labute approximate surface area is 163 Å². The van der Waals surface area contributed by atoms with Crippen LogP contribution < -0.4 is 10.0 Å². The third-order valence-corrected chi connectivity index (χ3v) is 4.70. The molecule has 2 N–H and O–H groups in total. The number of aromatic nitrogens is 2. The third-order valence-electron chi connectivity index (χ3n) is 4.11. The van der Waals surface area contributed by atoms with Crippen LogP contribution in [0.25, 0.3) is 0 Å². The molecule has 0 unspecified atom stereocenters. The van der Waals surface area contributed by atoms with Gasteiger partial charge in [0.1, 0.15) is 5.82 Å². The molecule has 0 spiro atoms. The highest BCUT2D eigenvalue weighted by Gasteiger charge is 2.14. The summed E-state index contributed by atoms with van der Waals surface area (Å²) in [5.41, 5.74) is 2.74. The maximum absolute atomic E-state index is 13.7. The van der Waals surface area contributed by atoms with Crippen LogP contribution in [0.3, 0.4) is 0 Å². The first-order valence-electron chi connectivity index (χ1n) is 8.57. The van der Waals surface area contributed by atoms with Crippen molar-refractivity contribution in [3.63, 3.8) is 0 Å². The molecule has 0 aliphatic carbocycles. The predicted octanol–water partition coefficient (Wildman–Crippen LogP) is 2.50. The van der Waals surface area contributed by atoms with Crippen LogP contribution in [0.4, 0.5) is 15.8 Å². The van der Waals surface area contributed by atoms with Gasteiger partial charge in [-0.2, -0.15) is 10.4 Å². The molecule has 0 bridgehead atoms. The summed E-state index contributed by atoms with van der Waals surface area (Å²) in [6.45, 7) is 4.25. The van der Waals surface area contributed by atoms with Crippen molar-refractivity contribution in [1.82, 2.24) is 9.78 Å². The van der Waals surface area contributed by atoms with Crippen molar-refractivity contribution in [1.29, 1.82) is 5.26 Å². The van der Waals surface area contributed by atoms with Crippen LogP contribution in [-0.2, 0) is 27.8 Å². The topological polar surface area (TPSA) is 117 Å². The second kappa shape index (κ2) is 8.84. The molecule has 2 rings (SSSR count). The number of aryl methyl sites for hydroxylation is 2. The summed E-state index contributed by atoms with van der Waals surface area (Å²) in [4.78, 5) is 12.3. The summed E-state index contributed by atoms with van der Waals surface area (Å²) in [6.07, 6.45) is 1.92. The first-order valence-corrected chi connectivity index (χ1v) is 10.5. The summed E-state index contributed by atoms with van der Waals surface area (Å²) in [7, 11) is -3.64. The summed E-state index contributed by atoms with van der Waals surface area (Å²) < 4.78 is 40.1. The van der Waals surface area contributed by atoms with Crippen LogP contribution >= 0.6 is 0 Å². The van der Waals surface area contributed by atoms with Gasteiger partial charge in [0.25, 0.3) is 0 Å². The monoisotopic (exact) mass is 407 g/mol. The molecule has 0 atom stereocenters. The summed E-state index contributed by atoms with van der Waals surface area (Å²) in [5.74, 6) is -1.03. The Balaban J connectivity index is 2.03. The number of amides is 1. The fraction of sp³-hybridized carbons (Fsp3) is 0.389. The number of nitrogens with one attached hydrogen (secondary N) is 2. The Hall–Kier alpha value is -2.93. The average molecular weight is 407 g/mol. The van der Waals surface area contributed by atoms with Gasteiger partial charge in [-0.1, -0.05) is 0 Å². The van der Waals surface area contributed by atoms with Crippen LogP contribution in [0.1, 0.15) is 29.8 Å². The highest BCUT2D eigenvalue weighted by atomic mass is 32.2. The van der Waals surface area contributed by atoms with E-state index >= 15 is 0 Å². The van der Waals surface area contributed by atoms with Gasteiger partial charge in [0.2, 0.25) is 15.9 Å². The summed E-state index contributed by atoms with van der Waals surface area (Å²) in [6, 6.07) is 5.74. The van der Waals surface area contributed by atoms with Crippen LogP contribution in [0, 0.1) is 31.0 Å². The van der Waals surface area contributed by atoms with Crippen molar-refractivity contribution in [3.05, 3.63) is 41.0 Å². The average Bonchev–Trinajstić information content (AvgIpc) is 2.86. The Morgan fingerprint density at radius 2 is 2.07 bits per heavy atom. The number of hydrogen-bond donors (Lipinski definition) is 2. The molecule has 0 aliphatic rings. The standard InChI is InChI=1S/C18H22FN5O3S/c1-12-15(13(2)24(22-12)10-4-9-20)6-8-18(25)21-14-5-7-16(19)17(11-14)23-28(3,26)27/h5,7,11,23H,4,6,8,10H2,1-3H3,(H,21,25). The number of carbonyl (C=O) groups excluding carboxylic acids is 1. The lowest BCUT2D eigenvalue weighted by molar-refractivity contribution is -0.116. The van der Waals surface area contributed by atoms with Crippen molar-refractivity contribution in [2.45, 2.75) is 39.7 Å². The number of benzene rings is 1. The molecule has 0 radical (unpaired) electrons. The van der Waals surface area contributed by atoms with E-state index in [-0.39, 0.29) is 23.7 Å². The summed E-state index contributed by atoms with van der Waals surface area (Å²) in [5, 5.41) is 15.7. The van der Waals surface area contributed by atoms with Gasteiger partial charge in [-0.25, -0.2) is 12.8 Å². The van der Waals surface area contributed by atoms with Gasteiger partial charge in [0, 0.05) is 17.8 Å². The Morgan fingerprint density at radius 3 is 2.71 bits per heavy atom. The quantitative estimate of drug-likeness (QED) is 0.697. The van der Waals surface area contributed by atoms with E-state index in [1.165, 1.54) is 12.1 Å². The molecule has 0 fully saturated rings. The van der Waals surface area contributed by atoms with Crippen LogP contribution in [-0.4, -0.2) is 30.4 Å². The zero-order chi connectivity index (χ0) is 20.9. The van der Waals surface area contributed by atoms with Crippen LogP contribution in [0.5, 0.6) is 0 Å². The number of nitrogens with zero attached hydrogens (tertiary/aromatic N) is 3. The number of sulfonamides is 1. The van der Waals surface area contributed by atoms with Crippen molar-refractivity contribution in [2.75, 3.05) is 16.3 Å². The zero-order valence-electron chi connectivity index (χ0n) is 15.9. The molecule has 1 amide bonds. The SMILES string of the molecule is Cc1nn(CCC#N)c(C)c1CCC(=O)Nc1ccc(F)c(NS(C)(=O)=O)c1. The highest BCUT2D eigenvalue weighted by Crippen LogP contribution is 2.21. The fourth-order valence-electron chi connectivity index (χ4n) is 2.81. The Morgan fingerprint density at radius 1 is 1.36 bits per heavy atom. The maximum Gasteiger partial charge on any atom is 0.229 e. The van der Waals surface area contributed by atoms with Gasteiger partial charge >= 0.3 is 0 Å². The highest BCUT2D eigenvalue weighted by molar-refractivity contribution is 7.92. The molecule has 10 heteroatoms. The second-order valence-corrected chi connectivity index (χ2v) is 8.15.